The van der Waals surface area contributed by atoms with Crippen molar-refractivity contribution in [1.29, 1.82) is 0 Å². The topological polar surface area (TPSA) is 0 Å². The number of rotatable bonds is 5. The van der Waals surface area contributed by atoms with Crippen molar-refractivity contribution in [3.63, 3.8) is 0 Å². The Kier molecular flexibility index (Phi) is 5.98. The fraction of sp³-hybridized carbons (Fsp3) is 0.833. The van der Waals surface area contributed by atoms with Gasteiger partial charge in [-0.05, 0) is 135 Å². The Labute approximate surface area is 187 Å². The summed E-state index contributed by atoms with van der Waals surface area (Å²) in [5, 5.41) is 0. The molecule has 0 radical (unpaired) electrons. The first-order valence-electron chi connectivity index (χ1n) is 13.2. The van der Waals surface area contributed by atoms with Crippen molar-refractivity contribution < 1.29 is 0 Å². The molecule has 0 aromatic rings. The van der Waals surface area contributed by atoms with Crippen molar-refractivity contribution in [3.05, 3.63) is 30.5 Å². The molecule has 0 saturated heterocycles. The predicted molar refractivity (Wildman–Crippen MR) is 130 cm³/mol. The van der Waals surface area contributed by atoms with Crippen LogP contribution < -0.4 is 0 Å². The molecule has 0 spiro atoms. The third-order valence-electron chi connectivity index (χ3n) is 11.8. The fourth-order valence-electron chi connectivity index (χ4n) is 9.60. The van der Waals surface area contributed by atoms with Crippen molar-refractivity contribution in [2.45, 2.75) is 105 Å². The smallest absolute Gasteiger partial charge is 0.0231 e. The molecule has 0 nitrogen and oxygen atoms in total. The van der Waals surface area contributed by atoms with Crippen molar-refractivity contribution in [3.8, 4) is 0 Å². The van der Waals surface area contributed by atoms with Gasteiger partial charge in [0.1, 0.15) is 0 Å². The largest absolute Gasteiger partial charge is 0.130 e. The molecule has 0 heterocycles. The quantitative estimate of drug-likeness (QED) is 0.314. The molecule has 168 valence electrons. The first kappa shape index (κ1) is 22.5. The van der Waals surface area contributed by atoms with Gasteiger partial charge in [-0.25, -0.2) is 0 Å². The van der Waals surface area contributed by atoms with Crippen LogP contribution in [-0.4, -0.2) is 0 Å². The lowest BCUT2D eigenvalue weighted by molar-refractivity contribution is -0.159. The lowest BCUT2D eigenvalue weighted by atomic mass is 9.39. The molecule has 4 fully saturated rings. The first-order chi connectivity index (χ1) is 14.2. The molecule has 0 aliphatic heterocycles. The van der Waals surface area contributed by atoms with Crippen molar-refractivity contribution in [1.82, 2.24) is 0 Å². The SMILES string of the molecule is C=C=C(C)CCC(C)C1CCC2C3CC[C@@]4(C)C[C@@H](C=C)CC[C@@]4(C)C3CC[C@@]12C. The molecule has 0 aromatic carbocycles. The third kappa shape index (κ3) is 3.32. The van der Waals surface area contributed by atoms with Gasteiger partial charge in [-0.3, -0.25) is 0 Å². The summed E-state index contributed by atoms with van der Waals surface area (Å²) in [6.45, 7) is 20.8. The highest BCUT2D eigenvalue weighted by Gasteiger charge is 2.63. The minimum Gasteiger partial charge on any atom is -0.130 e. The van der Waals surface area contributed by atoms with Gasteiger partial charge in [-0.1, -0.05) is 40.3 Å². The van der Waals surface area contributed by atoms with Crippen LogP contribution in [0.2, 0.25) is 0 Å². The molecule has 0 N–H and O–H groups in total. The van der Waals surface area contributed by atoms with Crippen LogP contribution in [0.5, 0.6) is 0 Å². The van der Waals surface area contributed by atoms with Gasteiger partial charge < -0.3 is 0 Å². The minimum atomic E-state index is 0.541. The van der Waals surface area contributed by atoms with Crippen LogP contribution >= 0.6 is 0 Å². The maximum Gasteiger partial charge on any atom is -0.0231 e. The van der Waals surface area contributed by atoms with Crippen LogP contribution in [0.1, 0.15) is 105 Å². The summed E-state index contributed by atoms with van der Waals surface area (Å²) in [4.78, 5) is 0. The van der Waals surface area contributed by atoms with E-state index in [9.17, 15) is 0 Å². The summed E-state index contributed by atoms with van der Waals surface area (Å²) in [6, 6.07) is 0. The number of hydrogen-bond donors (Lipinski definition) is 0. The van der Waals surface area contributed by atoms with E-state index in [1.54, 1.807) is 0 Å². The van der Waals surface area contributed by atoms with Gasteiger partial charge in [0.15, 0.2) is 0 Å². The van der Waals surface area contributed by atoms with E-state index < -0.39 is 0 Å². The molecule has 4 saturated carbocycles. The van der Waals surface area contributed by atoms with E-state index in [1.807, 2.05) is 0 Å². The normalized spacial score (nSPS) is 48.6. The van der Waals surface area contributed by atoms with E-state index in [4.69, 9.17) is 0 Å². The lowest BCUT2D eigenvalue weighted by Gasteiger charge is -2.65. The summed E-state index contributed by atoms with van der Waals surface area (Å²) >= 11 is 0. The fourth-order valence-corrected chi connectivity index (χ4v) is 9.60. The molecule has 4 rings (SSSR count). The second-order valence-corrected chi connectivity index (χ2v) is 12.8. The Morgan fingerprint density at radius 2 is 1.80 bits per heavy atom. The second kappa shape index (κ2) is 7.99. The standard InChI is InChI=1S/C30H48/c1-8-21(3)10-11-22(4)25-12-13-26-24-15-17-28(5)20-23(9-2)14-19-30(28,7)27(24)16-18-29(25,26)6/h9,22-27H,1-2,10-20H2,3-7H3/t22?,23-,24?,25?,26?,27?,28-,29-,30-/m0/s1. The van der Waals surface area contributed by atoms with Gasteiger partial charge in [-0.15, -0.1) is 12.3 Å². The van der Waals surface area contributed by atoms with Crippen molar-refractivity contribution in [2.24, 2.45) is 51.8 Å². The number of fused-ring (bicyclic) bond motifs is 5. The highest BCUT2D eigenvalue weighted by Crippen LogP contribution is 2.71. The highest BCUT2D eigenvalue weighted by molar-refractivity contribution is 5.13. The van der Waals surface area contributed by atoms with Crippen molar-refractivity contribution in [2.75, 3.05) is 0 Å². The third-order valence-corrected chi connectivity index (χ3v) is 11.8. The van der Waals surface area contributed by atoms with E-state index in [0.717, 1.165) is 35.5 Å². The average Bonchev–Trinajstić information content (AvgIpc) is 3.09. The zero-order valence-corrected chi connectivity index (χ0v) is 20.7. The Bertz CT molecular complexity index is 710. The minimum absolute atomic E-state index is 0.541. The van der Waals surface area contributed by atoms with Crippen LogP contribution in [0.3, 0.4) is 0 Å². The maximum absolute atomic E-state index is 4.16. The molecule has 0 aromatic heterocycles. The number of hydrogen-bond acceptors (Lipinski definition) is 0. The van der Waals surface area contributed by atoms with E-state index in [2.05, 4.69) is 59.6 Å². The monoisotopic (exact) mass is 408 g/mol. The lowest BCUT2D eigenvalue weighted by Crippen LogP contribution is -2.57. The van der Waals surface area contributed by atoms with Gasteiger partial charge >= 0.3 is 0 Å². The zero-order chi connectivity index (χ0) is 21.7. The molecule has 0 amide bonds. The maximum atomic E-state index is 4.16. The molecule has 4 aliphatic rings. The zero-order valence-electron chi connectivity index (χ0n) is 20.7. The molecule has 0 heteroatoms. The van der Waals surface area contributed by atoms with Gasteiger partial charge in [-0.2, -0.15) is 0 Å². The van der Waals surface area contributed by atoms with Crippen LogP contribution in [0.25, 0.3) is 0 Å². The molecule has 9 atom stereocenters. The van der Waals surface area contributed by atoms with E-state index in [1.165, 1.54) is 76.2 Å². The van der Waals surface area contributed by atoms with Crippen LogP contribution in [0.4, 0.5) is 0 Å². The van der Waals surface area contributed by atoms with E-state index in [0.29, 0.717) is 16.2 Å². The summed E-state index contributed by atoms with van der Waals surface area (Å²) in [6.07, 6.45) is 17.9. The summed E-state index contributed by atoms with van der Waals surface area (Å²) in [5.41, 5.74) is 6.16. The number of allylic oxidation sites excluding steroid dienone is 2. The van der Waals surface area contributed by atoms with Crippen molar-refractivity contribution >= 4 is 0 Å². The summed E-state index contributed by atoms with van der Waals surface area (Å²) in [5.74, 6) is 5.48. The molecular formula is C30H48. The van der Waals surface area contributed by atoms with Gasteiger partial charge in [0.2, 0.25) is 0 Å². The van der Waals surface area contributed by atoms with Crippen LogP contribution in [-0.2, 0) is 0 Å². The van der Waals surface area contributed by atoms with Crippen LogP contribution in [0, 0.1) is 51.8 Å². The Morgan fingerprint density at radius 3 is 2.50 bits per heavy atom. The predicted octanol–water partition coefficient (Wildman–Crippen LogP) is 8.99. The van der Waals surface area contributed by atoms with Crippen LogP contribution in [0.15, 0.2) is 30.5 Å². The second-order valence-electron chi connectivity index (χ2n) is 12.8. The average molecular weight is 409 g/mol. The van der Waals surface area contributed by atoms with E-state index >= 15 is 0 Å². The Morgan fingerprint density at radius 1 is 1.03 bits per heavy atom. The Hall–Kier alpha value is -0.740. The molecular weight excluding hydrogens is 360 g/mol. The first-order valence-corrected chi connectivity index (χ1v) is 13.2. The van der Waals surface area contributed by atoms with Gasteiger partial charge in [0.05, 0.1) is 0 Å². The molecule has 0 bridgehead atoms. The molecule has 4 aliphatic carbocycles. The van der Waals surface area contributed by atoms with E-state index in [-0.39, 0.29) is 0 Å². The van der Waals surface area contributed by atoms with Gasteiger partial charge in [0.25, 0.3) is 0 Å². The summed E-state index contributed by atoms with van der Waals surface area (Å²) < 4.78 is 0. The summed E-state index contributed by atoms with van der Waals surface area (Å²) in [7, 11) is 0. The van der Waals surface area contributed by atoms with Gasteiger partial charge in [0, 0.05) is 0 Å². The highest BCUT2D eigenvalue weighted by atomic mass is 14.7. The molecule has 30 heavy (non-hydrogen) atoms. The molecule has 5 unspecified atom stereocenters. The Balaban J connectivity index is 1.52.